The van der Waals surface area contributed by atoms with Gasteiger partial charge in [-0.05, 0) is 31.2 Å². The second kappa shape index (κ2) is 4.61. The van der Waals surface area contributed by atoms with Crippen LogP contribution in [-0.2, 0) is 10.0 Å². The zero-order valence-electron chi connectivity index (χ0n) is 10.6. The summed E-state index contributed by atoms with van der Waals surface area (Å²) in [5, 5.41) is 3.15. The van der Waals surface area contributed by atoms with Gasteiger partial charge in [-0.2, -0.15) is 4.31 Å². The smallest absolute Gasteiger partial charge is 0.244 e. The van der Waals surface area contributed by atoms with Crippen molar-refractivity contribution >= 4 is 27.4 Å². The van der Waals surface area contributed by atoms with E-state index in [0.717, 1.165) is 19.3 Å². The van der Waals surface area contributed by atoms with Gasteiger partial charge in [0.15, 0.2) is 0 Å². The number of sulfonamides is 1. The highest BCUT2D eigenvalue weighted by Crippen LogP contribution is 2.40. The minimum absolute atomic E-state index is 0.165. The van der Waals surface area contributed by atoms with Crippen molar-refractivity contribution in [1.29, 1.82) is 0 Å². The molecular formula is C12H16ClN3O2S. The molecule has 2 atom stereocenters. The lowest BCUT2D eigenvalue weighted by atomic mass is 10.1. The number of rotatable bonds is 3. The van der Waals surface area contributed by atoms with Crippen LogP contribution < -0.4 is 5.32 Å². The maximum Gasteiger partial charge on any atom is 0.244 e. The fraction of sp³-hybridized carbons (Fsp3) is 0.583. The third kappa shape index (κ3) is 2.11. The third-order valence-electron chi connectivity index (χ3n) is 4.02. The van der Waals surface area contributed by atoms with E-state index in [1.54, 1.807) is 11.4 Å². The second-order valence-corrected chi connectivity index (χ2v) is 7.46. The van der Waals surface area contributed by atoms with Gasteiger partial charge in [0, 0.05) is 25.8 Å². The Morgan fingerprint density at radius 3 is 2.79 bits per heavy atom. The van der Waals surface area contributed by atoms with Gasteiger partial charge >= 0.3 is 0 Å². The Bertz CT molecular complexity index is 605. The summed E-state index contributed by atoms with van der Waals surface area (Å²) in [5.41, 5.74) is 0. The average molecular weight is 302 g/mol. The van der Waals surface area contributed by atoms with Crippen LogP contribution in [0.1, 0.15) is 19.3 Å². The molecule has 0 aromatic carbocycles. The fourth-order valence-corrected chi connectivity index (χ4v) is 5.09. The summed E-state index contributed by atoms with van der Waals surface area (Å²) < 4.78 is 26.8. The van der Waals surface area contributed by atoms with E-state index >= 15 is 0 Å². The molecule has 19 heavy (non-hydrogen) atoms. The standard InChI is InChI=1S/C12H16ClN3O2S/c1-14-12-11(13)5-10(6-15-12)19(17,18)16-7-8-2-3-9(16)4-8/h5-6,8-9H,2-4,7H2,1H3,(H,14,15). The highest BCUT2D eigenvalue weighted by Gasteiger charge is 2.44. The van der Waals surface area contributed by atoms with E-state index in [0.29, 0.717) is 23.3 Å². The van der Waals surface area contributed by atoms with Gasteiger partial charge in [0.1, 0.15) is 10.7 Å². The molecular weight excluding hydrogens is 286 g/mol. The van der Waals surface area contributed by atoms with E-state index in [1.165, 1.54) is 12.3 Å². The largest absolute Gasteiger partial charge is 0.372 e. The van der Waals surface area contributed by atoms with Gasteiger partial charge in [-0.25, -0.2) is 13.4 Å². The lowest BCUT2D eigenvalue weighted by molar-refractivity contribution is 0.333. The number of nitrogens with zero attached hydrogens (tertiary/aromatic N) is 2. The van der Waals surface area contributed by atoms with Gasteiger partial charge in [0.25, 0.3) is 0 Å². The number of hydrogen-bond donors (Lipinski definition) is 1. The van der Waals surface area contributed by atoms with Crippen LogP contribution in [0.3, 0.4) is 0 Å². The van der Waals surface area contributed by atoms with Gasteiger partial charge in [-0.15, -0.1) is 0 Å². The van der Waals surface area contributed by atoms with E-state index in [2.05, 4.69) is 10.3 Å². The Morgan fingerprint density at radius 2 is 2.26 bits per heavy atom. The molecule has 0 radical (unpaired) electrons. The molecule has 7 heteroatoms. The zero-order chi connectivity index (χ0) is 13.6. The van der Waals surface area contributed by atoms with E-state index < -0.39 is 10.0 Å². The van der Waals surface area contributed by atoms with E-state index in [1.807, 2.05) is 0 Å². The molecule has 5 nitrogen and oxygen atoms in total. The van der Waals surface area contributed by atoms with Crippen molar-refractivity contribution in [1.82, 2.24) is 9.29 Å². The van der Waals surface area contributed by atoms with Crippen LogP contribution >= 0.6 is 11.6 Å². The molecule has 0 amide bonds. The Kier molecular flexibility index (Phi) is 3.19. The summed E-state index contributed by atoms with van der Waals surface area (Å²) in [4.78, 5) is 4.23. The quantitative estimate of drug-likeness (QED) is 0.927. The van der Waals surface area contributed by atoms with Crippen molar-refractivity contribution < 1.29 is 8.42 Å². The maximum atomic E-state index is 12.6. The van der Waals surface area contributed by atoms with Crippen molar-refractivity contribution in [2.24, 2.45) is 5.92 Å². The molecule has 1 aliphatic heterocycles. The van der Waals surface area contributed by atoms with Gasteiger partial charge in [0.2, 0.25) is 10.0 Å². The monoisotopic (exact) mass is 301 g/mol. The van der Waals surface area contributed by atoms with Crippen LogP contribution in [0.5, 0.6) is 0 Å². The van der Waals surface area contributed by atoms with Crippen LogP contribution in [0.25, 0.3) is 0 Å². The molecule has 1 aromatic heterocycles. The SMILES string of the molecule is CNc1ncc(S(=O)(=O)N2CC3CCC2C3)cc1Cl. The van der Waals surface area contributed by atoms with Crippen molar-refractivity contribution in [2.45, 2.75) is 30.2 Å². The third-order valence-corrected chi connectivity index (χ3v) is 6.19. The van der Waals surface area contributed by atoms with E-state index in [4.69, 9.17) is 11.6 Å². The first kappa shape index (κ1) is 13.1. The number of hydrogen-bond acceptors (Lipinski definition) is 4. The summed E-state index contributed by atoms with van der Waals surface area (Å²) >= 11 is 6.01. The van der Waals surface area contributed by atoms with Gasteiger partial charge < -0.3 is 5.32 Å². The van der Waals surface area contributed by atoms with Crippen molar-refractivity contribution in [3.05, 3.63) is 17.3 Å². The first-order valence-corrected chi connectivity index (χ1v) is 8.19. The fourth-order valence-electron chi connectivity index (χ4n) is 3.05. The zero-order valence-corrected chi connectivity index (χ0v) is 12.2. The first-order chi connectivity index (χ1) is 9.02. The molecule has 1 N–H and O–H groups in total. The Morgan fingerprint density at radius 1 is 1.47 bits per heavy atom. The maximum absolute atomic E-state index is 12.6. The molecule has 1 aliphatic carbocycles. The van der Waals surface area contributed by atoms with Crippen LogP contribution in [-0.4, -0.2) is 37.3 Å². The van der Waals surface area contributed by atoms with Gasteiger partial charge in [-0.1, -0.05) is 11.6 Å². The number of fused-ring (bicyclic) bond motifs is 2. The topological polar surface area (TPSA) is 62.3 Å². The van der Waals surface area contributed by atoms with Crippen molar-refractivity contribution in [3.8, 4) is 0 Å². The normalized spacial score (nSPS) is 26.8. The highest BCUT2D eigenvalue weighted by molar-refractivity contribution is 7.89. The van der Waals surface area contributed by atoms with Crippen LogP contribution in [0.4, 0.5) is 5.82 Å². The number of nitrogens with one attached hydrogen (secondary N) is 1. The van der Waals surface area contributed by atoms with E-state index in [-0.39, 0.29) is 10.9 Å². The Hall–Kier alpha value is -0.850. The minimum Gasteiger partial charge on any atom is -0.372 e. The first-order valence-electron chi connectivity index (χ1n) is 6.37. The number of halogens is 1. The van der Waals surface area contributed by atoms with Gasteiger partial charge in [-0.3, -0.25) is 0 Å². The van der Waals surface area contributed by atoms with Crippen LogP contribution in [0, 0.1) is 5.92 Å². The molecule has 1 aromatic rings. The molecule has 0 spiro atoms. The molecule has 3 rings (SSSR count). The number of piperidine rings is 1. The van der Waals surface area contributed by atoms with Gasteiger partial charge in [0.05, 0.1) is 5.02 Å². The Labute approximate surface area is 118 Å². The van der Waals surface area contributed by atoms with Crippen molar-refractivity contribution in [2.75, 3.05) is 18.9 Å². The second-order valence-electron chi connectivity index (χ2n) is 5.16. The molecule has 2 bridgehead atoms. The average Bonchev–Trinajstić information content (AvgIpc) is 3.01. The molecule has 1 saturated carbocycles. The molecule has 2 heterocycles. The lowest BCUT2D eigenvalue weighted by Crippen LogP contribution is -2.37. The summed E-state index contributed by atoms with van der Waals surface area (Å²) in [6, 6.07) is 1.64. The summed E-state index contributed by atoms with van der Waals surface area (Å²) in [6.45, 7) is 0.637. The Balaban J connectivity index is 1.94. The molecule has 2 fully saturated rings. The molecule has 104 valence electrons. The lowest BCUT2D eigenvalue weighted by Gasteiger charge is -2.26. The number of pyridine rings is 1. The summed E-state index contributed by atoms with van der Waals surface area (Å²) in [6.07, 6.45) is 4.49. The highest BCUT2D eigenvalue weighted by atomic mass is 35.5. The molecule has 2 unspecified atom stereocenters. The van der Waals surface area contributed by atoms with Crippen molar-refractivity contribution in [3.63, 3.8) is 0 Å². The predicted molar refractivity (Wildman–Crippen MR) is 73.8 cm³/mol. The number of anilines is 1. The number of aromatic nitrogens is 1. The summed E-state index contributed by atoms with van der Waals surface area (Å²) in [7, 11) is -1.76. The minimum atomic E-state index is -3.46. The van der Waals surface area contributed by atoms with Crippen LogP contribution in [0.15, 0.2) is 17.2 Å². The van der Waals surface area contributed by atoms with Crippen LogP contribution in [0.2, 0.25) is 5.02 Å². The van der Waals surface area contributed by atoms with E-state index in [9.17, 15) is 8.42 Å². The molecule has 2 aliphatic rings. The molecule has 1 saturated heterocycles. The predicted octanol–water partition coefficient (Wildman–Crippen LogP) is 1.95. The summed E-state index contributed by atoms with van der Waals surface area (Å²) in [5.74, 6) is 1.02.